The molecule has 2 aliphatic rings. The molecule has 29 heavy (non-hydrogen) atoms. The molecule has 2 aromatic rings. The van der Waals surface area contributed by atoms with E-state index in [0.29, 0.717) is 17.9 Å². The first-order valence-electron chi connectivity index (χ1n) is 10.7. The van der Waals surface area contributed by atoms with Crippen LogP contribution in [0.4, 0.5) is 11.6 Å². The van der Waals surface area contributed by atoms with Gasteiger partial charge in [-0.2, -0.15) is 0 Å². The molecule has 1 aliphatic carbocycles. The number of nitrogens with one attached hydrogen (secondary N) is 1. The monoisotopic (exact) mass is 398 g/mol. The highest BCUT2D eigenvalue weighted by Gasteiger charge is 2.30. The van der Waals surface area contributed by atoms with E-state index >= 15 is 0 Å². The van der Waals surface area contributed by atoms with Crippen molar-refractivity contribution in [3.8, 4) is 0 Å². The second-order valence-electron chi connectivity index (χ2n) is 8.35. The van der Waals surface area contributed by atoms with E-state index in [2.05, 4.69) is 55.0 Å². The molecule has 6 nitrogen and oxygen atoms in total. The zero-order chi connectivity index (χ0) is 21.1. The van der Waals surface area contributed by atoms with E-state index in [1.54, 1.807) is 11.5 Å². The van der Waals surface area contributed by atoms with Crippen LogP contribution in [0.1, 0.15) is 59.1 Å². The highest BCUT2D eigenvalue weighted by atomic mass is 16.4. The minimum absolute atomic E-state index is 0.301. The van der Waals surface area contributed by atoms with Crippen molar-refractivity contribution in [1.29, 1.82) is 0 Å². The molecule has 1 fully saturated rings. The van der Waals surface area contributed by atoms with Gasteiger partial charge in [-0.3, -0.25) is 0 Å². The van der Waals surface area contributed by atoms with Crippen LogP contribution in [0.3, 0.4) is 0 Å². The number of aryl methyl sites for hydroxylation is 4. The van der Waals surface area contributed by atoms with Crippen molar-refractivity contribution in [2.75, 3.05) is 24.5 Å². The molecule has 158 valence electrons. The topological polar surface area (TPSA) is 70.4 Å². The van der Waals surface area contributed by atoms with Crippen LogP contribution in [0.5, 0.6) is 0 Å². The van der Waals surface area contributed by atoms with Crippen molar-refractivity contribution in [3.05, 3.63) is 40.2 Å². The number of carboxylic acid groups (broad SMARTS) is 1. The Kier molecular flexibility index (Phi) is 6.63. The van der Waals surface area contributed by atoms with Gasteiger partial charge in [0.1, 0.15) is 0 Å². The predicted octanol–water partition coefficient (Wildman–Crippen LogP) is 4.36. The highest BCUT2D eigenvalue weighted by Crippen LogP contribution is 2.36. The second-order valence-corrected chi connectivity index (χ2v) is 8.35. The number of hydrogen-bond donors (Lipinski definition) is 2. The fourth-order valence-corrected chi connectivity index (χ4v) is 4.16. The highest BCUT2D eigenvalue weighted by molar-refractivity contribution is 5.88. The SMILES string of the molecule is CCCNCC1CC1.Cc1cc(C)c(N2CCn3c2nc(C)c3C(=O)O)c(C)c1. The Bertz CT molecular complexity index is 860. The summed E-state index contributed by atoms with van der Waals surface area (Å²) in [5.41, 5.74) is 5.64. The van der Waals surface area contributed by atoms with E-state index in [-0.39, 0.29) is 0 Å². The van der Waals surface area contributed by atoms with Crippen molar-refractivity contribution in [3.63, 3.8) is 0 Å². The van der Waals surface area contributed by atoms with Crippen LogP contribution < -0.4 is 10.2 Å². The number of rotatable bonds is 6. The molecule has 2 heterocycles. The standard InChI is InChI=1S/C16H19N3O2.C7H15N/c1-9-7-10(2)13(11(3)8-9)18-5-6-19-14(15(20)21)12(4)17-16(18)19;1-2-5-8-6-7-3-4-7/h7-8H,5-6H2,1-4H3,(H,20,21);7-8H,2-6H2,1H3. The first-order valence-corrected chi connectivity index (χ1v) is 10.7. The molecule has 1 aliphatic heterocycles. The van der Waals surface area contributed by atoms with Crippen molar-refractivity contribution < 1.29 is 9.90 Å². The van der Waals surface area contributed by atoms with Crippen molar-refractivity contribution in [1.82, 2.24) is 14.9 Å². The maximum atomic E-state index is 11.4. The van der Waals surface area contributed by atoms with Crippen LogP contribution in [0, 0.1) is 33.6 Å². The zero-order valence-corrected chi connectivity index (χ0v) is 18.4. The van der Waals surface area contributed by atoms with Crippen LogP contribution in [-0.2, 0) is 6.54 Å². The number of imidazole rings is 1. The van der Waals surface area contributed by atoms with Crippen LogP contribution in [0.15, 0.2) is 12.1 Å². The average Bonchev–Trinajstić information content (AvgIpc) is 3.29. The smallest absolute Gasteiger partial charge is 0.354 e. The Labute approximate surface area is 173 Å². The Hall–Kier alpha value is -2.34. The number of benzene rings is 1. The number of aromatic nitrogens is 2. The largest absolute Gasteiger partial charge is 0.477 e. The van der Waals surface area contributed by atoms with Gasteiger partial charge in [0.2, 0.25) is 5.95 Å². The summed E-state index contributed by atoms with van der Waals surface area (Å²) in [7, 11) is 0. The number of fused-ring (bicyclic) bond motifs is 1. The summed E-state index contributed by atoms with van der Waals surface area (Å²) < 4.78 is 1.80. The Morgan fingerprint density at radius 2 is 1.83 bits per heavy atom. The van der Waals surface area contributed by atoms with E-state index < -0.39 is 5.97 Å². The van der Waals surface area contributed by atoms with Crippen molar-refractivity contribution in [2.45, 2.75) is 60.4 Å². The predicted molar refractivity (Wildman–Crippen MR) is 117 cm³/mol. The molecule has 0 amide bonds. The van der Waals surface area contributed by atoms with Gasteiger partial charge in [-0.1, -0.05) is 24.6 Å². The molecular weight excluding hydrogens is 364 g/mol. The number of anilines is 2. The quantitative estimate of drug-likeness (QED) is 0.708. The molecule has 4 rings (SSSR count). The molecule has 1 aromatic heterocycles. The molecule has 0 bridgehead atoms. The van der Waals surface area contributed by atoms with E-state index in [1.807, 2.05) is 0 Å². The lowest BCUT2D eigenvalue weighted by Gasteiger charge is -2.21. The van der Waals surface area contributed by atoms with Crippen LogP contribution >= 0.6 is 0 Å². The van der Waals surface area contributed by atoms with E-state index in [1.165, 1.54) is 49.0 Å². The van der Waals surface area contributed by atoms with Gasteiger partial charge in [-0.05, 0) is 77.1 Å². The van der Waals surface area contributed by atoms with Gasteiger partial charge in [0, 0.05) is 18.8 Å². The van der Waals surface area contributed by atoms with Crippen LogP contribution in [0.2, 0.25) is 0 Å². The maximum absolute atomic E-state index is 11.4. The third-order valence-electron chi connectivity index (χ3n) is 5.57. The Morgan fingerprint density at radius 1 is 1.17 bits per heavy atom. The summed E-state index contributed by atoms with van der Waals surface area (Å²) in [6, 6.07) is 4.30. The molecule has 1 aromatic carbocycles. The summed E-state index contributed by atoms with van der Waals surface area (Å²) in [6.45, 7) is 14.1. The lowest BCUT2D eigenvalue weighted by molar-refractivity contribution is 0.0685. The molecule has 0 atom stereocenters. The van der Waals surface area contributed by atoms with Gasteiger partial charge in [0.05, 0.1) is 5.69 Å². The van der Waals surface area contributed by atoms with Gasteiger partial charge in [-0.25, -0.2) is 9.78 Å². The molecule has 0 radical (unpaired) electrons. The van der Waals surface area contributed by atoms with E-state index in [4.69, 9.17) is 0 Å². The first-order chi connectivity index (χ1) is 13.8. The Morgan fingerprint density at radius 3 is 2.38 bits per heavy atom. The fraction of sp³-hybridized carbons (Fsp3) is 0.565. The Balaban J connectivity index is 0.000000252. The summed E-state index contributed by atoms with van der Waals surface area (Å²) in [6.07, 6.45) is 4.21. The number of carbonyl (C=O) groups is 1. The molecule has 2 N–H and O–H groups in total. The van der Waals surface area contributed by atoms with Crippen molar-refractivity contribution >= 4 is 17.6 Å². The number of hydrogen-bond acceptors (Lipinski definition) is 4. The van der Waals surface area contributed by atoms with Gasteiger partial charge in [0.15, 0.2) is 5.69 Å². The van der Waals surface area contributed by atoms with Gasteiger partial charge >= 0.3 is 5.97 Å². The molecular formula is C23H34N4O2. The summed E-state index contributed by atoms with van der Waals surface area (Å²) in [5, 5.41) is 12.7. The molecule has 1 saturated carbocycles. The van der Waals surface area contributed by atoms with E-state index in [9.17, 15) is 9.90 Å². The second kappa shape index (κ2) is 8.99. The van der Waals surface area contributed by atoms with Gasteiger partial charge in [-0.15, -0.1) is 0 Å². The third kappa shape index (κ3) is 4.81. The lowest BCUT2D eigenvalue weighted by Crippen LogP contribution is -2.17. The number of carboxylic acids is 1. The summed E-state index contributed by atoms with van der Waals surface area (Å²) in [5.74, 6) is 0.868. The van der Waals surface area contributed by atoms with Crippen LogP contribution in [-0.4, -0.2) is 40.3 Å². The third-order valence-corrected chi connectivity index (χ3v) is 5.57. The molecule has 0 saturated heterocycles. The molecule has 0 spiro atoms. The number of nitrogens with zero attached hydrogens (tertiary/aromatic N) is 3. The maximum Gasteiger partial charge on any atom is 0.354 e. The van der Waals surface area contributed by atoms with Crippen LogP contribution in [0.25, 0.3) is 0 Å². The van der Waals surface area contributed by atoms with E-state index in [0.717, 1.165) is 24.1 Å². The zero-order valence-electron chi connectivity index (χ0n) is 18.4. The number of aromatic carboxylic acids is 1. The fourth-order valence-electron chi connectivity index (χ4n) is 4.16. The lowest BCUT2D eigenvalue weighted by atomic mass is 10.0. The van der Waals surface area contributed by atoms with Crippen molar-refractivity contribution in [2.24, 2.45) is 5.92 Å². The molecule has 6 heteroatoms. The van der Waals surface area contributed by atoms with Gasteiger partial charge < -0.3 is 19.9 Å². The summed E-state index contributed by atoms with van der Waals surface area (Å²) in [4.78, 5) is 18.0. The first kappa shape index (κ1) is 21.4. The minimum Gasteiger partial charge on any atom is -0.477 e. The normalized spacial score (nSPS) is 15.1. The van der Waals surface area contributed by atoms with Gasteiger partial charge in [0.25, 0.3) is 0 Å². The minimum atomic E-state index is -0.912. The average molecular weight is 399 g/mol. The summed E-state index contributed by atoms with van der Waals surface area (Å²) >= 11 is 0. The molecule has 0 unspecified atom stereocenters.